The van der Waals surface area contributed by atoms with Crippen molar-refractivity contribution in [3.8, 4) is 0 Å². The third-order valence-electron chi connectivity index (χ3n) is 4.50. The van der Waals surface area contributed by atoms with Gasteiger partial charge in [0.15, 0.2) is 0 Å². The first kappa shape index (κ1) is 19.2. The molecule has 1 fully saturated rings. The van der Waals surface area contributed by atoms with Gasteiger partial charge in [0.1, 0.15) is 0 Å². The van der Waals surface area contributed by atoms with Crippen molar-refractivity contribution < 1.29 is 13.2 Å². The minimum Gasteiger partial charge on any atom is -0.326 e. The van der Waals surface area contributed by atoms with E-state index in [1.165, 1.54) is 12.1 Å². The lowest BCUT2D eigenvalue weighted by atomic mass is 10.1. The molecule has 26 heavy (non-hydrogen) atoms. The molecular weight excluding hydrogens is 463 g/mol. The van der Waals surface area contributed by atoms with Crippen LogP contribution in [0.25, 0.3) is 0 Å². The monoisotopic (exact) mass is 484 g/mol. The van der Waals surface area contributed by atoms with Crippen molar-refractivity contribution in [3.05, 3.63) is 51.6 Å². The Labute approximate surface area is 167 Å². The van der Waals surface area contributed by atoms with E-state index in [1.807, 2.05) is 19.1 Å². The van der Waals surface area contributed by atoms with Crippen molar-refractivity contribution in [2.24, 2.45) is 5.92 Å². The molecule has 1 amide bonds. The smallest absolute Gasteiger partial charge is 0.262 e. The third-order valence-corrected chi connectivity index (χ3v) is 6.81. The van der Waals surface area contributed by atoms with Gasteiger partial charge in [0.25, 0.3) is 10.0 Å². The van der Waals surface area contributed by atoms with Gasteiger partial charge in [-0.2, -0.15) is 0 Å². The van der Waals surface area contributed by atoms with Crippen molar-refractivity contribution in [3.63, 3.8) is 0 Å². The Morgan fingerprint density at radius 3 is 2.58 bits per heavy atom. The fourth-order valence-electron chi connectivity index (χ4n) is 3.09. The zero-order valence-electron chi connectivity index (χ0n) is 14.5. The summed E-state index contributed by atoms with van der Waals surface area (Å²) >= 11 is 2.10. The second kappa shape index (κ2) is 7.96. The van der Waals surface area contributed by atoms with Crippen molar-refractivity contribution in [1.82, 2.24) is 0 Å². The number of halogens is 1. The highest BCUT2D eigenvalue weighted by atomic mass is 127. The molecule has 0 aliphatic heterocycles. The molecule has 0 aromatic heterocycles. The third kappa shape index (κ3) is 4.56. The minimum absolute atomic E-state index is 0.0294. The molecule has 3 rings (SSSR count). The fourth-order valence-corrected chi connectivity index (χ4v) is 4.86. The van der Waals surface area contributed by atoms with Crippen LogP contribution in [0.15, 0.2) is 47.4 Å². The van der Waals surface area contributed by atoms with Crippen molar-refractivity contribution in [1.29, 1.82) is 0 Å². The Balaban J connectivity index is 1.79. The van der Waals surface area contributed by atoms with E-state index in [-0.39, 0.29) is 16.7 Å². The Morgan fingerprint density at radius 1 is 1.12 bits per heavy atom. The van der Waals surface area contributed by atoms with Crippen molar-refractivity contribution >= 4 is 49.9 Å². The number of carbonyl (C=O) groups is 1. The molecular formula is C19H21IN2O3S. The van der Waals surface area contributed by atoms with Crippen molar-refractivity contribution in [2.75, 3.05) is 10.0 Å². The van der Waals surface area contributed by atoms with Crippen LogP contribution in [0.4, 0.5) is 11.4 Å². The van der Waals surface area contributed by atoms with Gasteiger partial charge >= 0.3 is 0 Å². The molecule has 0 atom stereocenters. The van der Waals surface area contributed by atoms with E-state index in [4.69, 9.17) is 0 Å². The van der Waals surface area contributed by atoms with Gasteiger partial charge in [0.05, 0.1) is 10.6 Å². The summed E-state index contributed by atoms with van der Waals surface area (Å²) in [6.45, 7) is 1.91. The maximum Gasteiger partial charge on any atom is 0.262 e. The molecule has 1 saturated carbocycles. The van der Waals surface area contributed by atoms with E-state index in [9.17, 15) is 13.2 Å². The molecule has 1 aliphatic rings. The van der Waals surface area contributed by atoms with Crippen molar-refractivity contribution in [2.45, 2.75) is 37.5 Å². The van der Waals surface area contributed by atoms with Crippen LogP contribution in [-0.2, 0) is 14.8 Å². The standard InChI is InChI=1S/C19H21IN2O3S/c1-13-9-10-17(20)18(11-13)22-26(24,25)16-8-4-7-15(12-16)21-19(23)14-5-2-3-6-14/h4,7-12,14,22H,2-3,5-6H2,1H3,(H,21,23). The van der Waals surface area contributed by atoms with Gasteiger partial charge in [0, 0.05) is 15.2 Å². The largest absolute Gasteiger partial charge is 0.326 e. The summed E-state index contributed by atoms with van der Waals surface area (Å²) in [6, 6.07) is 12.0. The lowest BCUT2D eigenvalue weighted by Gasteiger charge is -2.13. The number of aryl methyl sites for hydroxylation is 1. The molecule has 5 nitrogen and oxygen atoms in total. The molecule has 0 radical (unpaired) electrons. The average molecular weight is 484 g/mol. The molecule has 0 bridgehead atoms. The summed E-state index contributed by atoms with van der Waals surface area (Å²) in [7, 11) is -3.74. The highest BCUT2D eigenvalue weighted by Crippen LogP contribution is 2.27. The number of sulfonamides is 1. The normalized spacial score (nSPS) is 15.0. The molecule has 0 spiro atoms. The molecule has 2 aromatic carbocycles. The van der Waals surface area contributed by atoms with Crippen LogP contribution in [-0.4, -0.2) is 14.3 Å². The predicted molar refractivity (Wildman–Crippen MR) is 112 cm³/mol. The Morgan fingerprint density at radius 2 is 1.85 bits per heavy atom. The van der Waals surface area contributed by atoms with Gasteiger partial charge in [-0.3, -0.25) is 9.52 Å². The Hall–Kier alpha value is -1.61. The van der Waals surface area contributed by atoms with Crippen LogP contribution in [0.3, 0.4) is 0 Å². The summed E-state index contributed by atoms with van der Waals surface area (Å²) in [5.74, 6) is 0.000463. The second-order valence-electron chi connectivity index (χ2n) is 6.59. The van der Waals surface area contributed by atoms with Gasteiger partial charge in [-0.05, 0) is 78.3 Å². The van der Waals surface area contributed by atoms with Crippen LogP contribution in [0.2, 0.25) is 0 Å². The number of hydrogen-bond donors (Lipinski definition) is 2. The van der Waals surface area contributed by atoms with E-state index < -0.39 is 10.0 Å². The number of benzene rings is 2. The maximum atomic E-state index is 12.7. The first-order valence-corrected chi connectivity index (χ1v) is 11.1. The number of amides is 1. The molecule has 0 heterocycles. The summed E-state index contributed by atoms with van der Waals surface area (Å²) in [5, 5.41) is 2.85. The average Bonchev–Trinajstić information content (AvgIpc) is 3.13. The molecule has 2 N–H and O–H groups in total. The van der Waals surface area contributed by atoms with E-state index in [2.05, 4.69) is 32.6 Å². The zero-order valence-corrected chi connectivity index (χ0v) is 17.4. The Kier molecular flexibility index (Phi) is 5.86. The van der Waals surface area contributed by atoms with E-state index in [1.54, 1.807) is 18.2 Å². The summed E-state index contributed by atoms with van der Waals surface area (Å²) in [5.41, 5.74) is 2.02. The van der Waals surface area contributed by atoms with Crippen LogP contribution in [0.5, 0.6) is 0 Å². The van der Waals surface area contributed by atoms with Gasteiger partial charge in [0.2, 0.25) is 5.91 Å². The maximum absolute atomic E-state index is 12.7. The number of hydrogen-bond acceptors (Lipinski definition) is 3. The zero-order chi connectivity index (χ0) is 18.7. The highest BCUT2D eigenvalue weighted by molar-refractivity contribution is 14.1. The van der Waals surface area contributed by atoms with Crippen LogP contribution in [0, 0.1) is 16.4 Å². The van der Waals surface area contributed by atoms with E-state index >= 15 is 0 Å². The summed E-state index contributed by atoms with van der Waals surface area (Å²) in [6.07, 6.45) is 3.95. The van der Waals surface area contributed by atoms with E-state index in [0.29, 0.717) is 11.4 Å². The first-order valence-electron chi connectivity index (χ1n) is 8.55. The predicted octanol–water partition coefficient (Wildman–Crippen LogP) is 4.53. The van der Waals surface area contributed by atoms with Gasteiger partial charge in [-0.15, -0.1) is 0 Å². The quantitative estimate of drug-likeness (QED) is 0.613. The van der Waals surface area contributed by atoms with Crippen LogP contribution < -0.4 is 10.0 Å². The van der Waals surface area contributed by atoms with Gasteiger partial charge in [-0.1, -0.05) is 25.0 Å². The Bertz CT molecular complexity index is 922. The minimum atomic E-state index is -3.74. The number of carbonyl (C=O) groups excluding carboxylic acids is 1. The van der Waals surface area contributed by atoms with Crippen LogP contribution >= 0.6 is 22.6 Å². The van der Waals surface area contributed by atoms with Gasteiger partial charge in [-0.25, -0.2) is 8.42 Å². The number of rotatable bonds is 5. The van der Waals surface area contributed by atoms with Crippen LogP contribution in [0.1, 0.15) is 31.2 Å². The molecule has 2 aromatic rings. The highest BCUT2D eigenvalue weighted by Gasteiger charge is 2.23. The molecule has 7 heteroatoms. The second-order valence-corrected chi connectivity index (χ2v) is 9.43. The molecule has 138 valence electrons. The van der Waals surface area contributed by atoms with E-state index in [0.717, 1.165) is 34.8 Å². The SMILES string of the molecule is Cc1ccc(I)c(NS(=O)(=O)c2cccc(NC(=O)C3CCCC3)c2)c1. The summed E-state index contributed by atoms with van der Waals surface area (Å²) in [4.78, 5) is 12.4. The molecule has 1 aliphatic carbocycles. The van der Waals surface area contributed by atoms with Gasteiger partial charge < -0.3 is 5.32 Å². The lowest BCUT2D eigenvalue weighted by Crippen LogP contribution is -2.20. The summed E-state index contributed by atoms with van der Waals surface area (Å²) < 4.78 is 28.9. The number of nitrogens with one attached hydrogen (secondary N) is 2. The fraction of sp³-hybridized carbons (Fsp3) is 0.316. The molecule has 0 saturated heterocycles. The molecule has 0 unspecified atom stereocenters. The number of anilines is 2. The first-order chi connectivity index (χ1) is 12.3. The topological polar surface area (TPSA) is 75.3 Å². The lowest BCUT2D eigenvalue weighted by molar-refractivity contribution is -0.119.